The second-order valence-corrected chi connectivity index (χ2v) is 7.18. The van der Waals surface area contributed by atoms with Gasteiger partial charge in [0, 0.05) is 12.2 Å². The number of aryl methyl sites for hydroxylation is 2. The Morgan fingerprint density at radius 1 is 1.57 bits per heavy atom. The van der Waals surface area contributed by atoms with Crippen molar-refractivity contribution >= 4 is 23.6 Å². The van der Waals surface area contributed by atoms with Crippen molar-refractivity contribution in [2.24, 2.45) is 0 Å². The van der Waals surface area contributed by atoms with Gasteiger partial charge in [-0.05, 0) is 27.2 Å². The summed E-state index contributed by atoms with van der Waals surface area (Å²) < 4.78 is 10.4. The van der Waals surface area contributed by atoms with Crippen molar-refractivity contribution in [3.8, 4) is 0 Å². The molecule has 1 amide bonds. The fourth-order valence-electron chi connectivity index (χ4n) is 2.94. The van der Waals surface area contributed by atoms with Crippen molar-refractivity contribution in [3.63, 3.8) is 0 Å². The Labute approximate surface area is 127 Å². The number of ether oxygens (including phenoxy) is 1. The molecule has 3 heterocycles. The van der Waals surface area contributed by atoms with Crippen molar-refractivity contribution in [1.82, 2.24) is 10.1 Å². The van der Waals surface area contributed by atoms with E-state index in [1.165, 1.54) is 0 Å². The van der Waals surface area contributed by atoms with E-state index in [2.05, 4.69) is 5.16 Å². The highest BCUT2D eigenvalue weighted by Crippen LogP contribution is 2.47. The lowest BCUT2D eigenvalue weighted by Gasteiger charge is -2.29. The largest absolute Gasteiger partial charge is 0.459 e. The molecular formula is C14H18N2O4S. The van der Waals surface area contributed by atoms with E-state index in [9.17, 15) is 9.59 Å². The van der Waals surface area contributed by atoms with Gasteiger partial charge >= 0.3 is 5.97 Å². The Kier molecular flexibility index (Phi) is 3.47. The Bertz CT molecular complexity index is 580. The van der Waals surface area contributed by atoms with E-state index in [1.807, 2.05) is 13.8 Å². The monoisotopic (exact) mass is 310 g/mol. The average Bonchev–Trinajstić information content (AvgIpc) is 3.04. The molecule has 1 aromatic heterocycles. The van der Waals surface area contributed by atoms with E-state index in [4.69, 9.17) is 9.26 Å². The van der Waals surface area contributed by atoms with Crippen LogP contribution < -0.4 is 0 Å². The lowest BCUT2D eigenvalue weighted by molar-refractivity contribution is -0.154. The van der Waals surface area contributed by atoms with Crippen LogP contribution in [-0.4, -0.2) is 38.6 Å². The number of rotatable bonds is 3. The maximum absolute atomic E-state index is 12.3. The molecule has 0 aromatic carbocycles. The number of hydrogen-bond donors (Lipinski definition) is 0. The van der Waals surface area contributed by atoms with Crippen LogP contribution >= 0.6 is 11.8 Å². The number of hydrogen-bond acceptors (Lipinski definition) is 6. The van der Waals surface area contributed by atoms with Crippen LogP contribution in [0.15, 0.2) is 4.52 Å². The molecule has 0 aliphatic carbocycles. The van der Waals surface area contributed by atoms with Crippen LogP contribution in [0.3, 0.4) is 0 Å². The second kappa shape index (κ2) is 5.05. The zero-order valence-electron chi connectivity index (χ0n) is 12.3. The van der Waals surface area contributed by atoms with E-state index >= 15 is 0 Å². The Morgan fingerprint density at radius 2 is 2.33 bits per heavy atom. The first-order valence-corrected chi connectivity index (χ1v) is 7.95. The molecule has 0 unspecified atom stereocenters. The molecule has 3 rings (SSSR count). The lowest BCUT2D eigenvalue weighted by atomic mass is 10.2. The SMILES string of the molecule is Cc1noc(C)c1COC(=O)[C@H]1CS[C@]2(C)CCC(=O)N12. The number of amides is 1. The third-order valence-electron chi connectivity index (χ3n) is 4.26. The summed E-state index contributed by atoms with van der Waals surface area (Å²) in [4.78, 5) is 25.8. The van der Waals surface area contributed by atoms with Crippen molar-refractivity contribution in [3.05, 3.63) is 17.0 Å². The first-order chi connectivity index (χ1) is 9.92. The van der Waals surface area contributed by atoms with Gasteiger partial charge in [-0.25, -0.2) is 4.79 Å². The predicted molar refractivity (Wildman–Crippen MR) is 76.5 cm³/mol. The third kappa shape index (κ3) is 2.33. The molecule has 1 aromatic rings. The van der Waals surface area contributed by atoms with E-state index in [1.54, 1.807) is 23.6 Å². The highest BCUT2D eigenvalue weighted by Gasteiger charge is 2.53. The first-order valence-electron chi connectivity index (χ1n) is 6.97. The average molecular weight is 310 g/mol. The number of nitrogens with zero attached hydrogens (tertiary/aromatic N) is 2. The molecule has 2 aliphatic heterocycles. The number of esters is 1. The van der Waals surface area contributed by atoms with E-state index < -0.39 is 6.04 Å². The minimum absolute atomic E-state index is 0.0433. The second-order valence-electron chi connectivity index (χ2n) is 5.68. The maximum atomic E-state index is 12.3. The predicted octanol–water partition coefficient (Wildman–Crippen LogP) is 1.79. The standard InChI is InChI=1S/C14H18N2O4S/c1-8-10(9(2)20-15-8)6-19-13(18)11-7-21-14(3)5-4-12(17)16(11)14/h11H,4-7H2,1-3H3/t11-,14-/m1/s1. The van der Waals surface area contributed by atoms with Crippen LogP contribution in [0.2, 0.25) is 0 Å². The normalized spacial score (nSPS) is 28.0. The molecule has 0 radical (unpaired) electrons. The highest BCUT2D eigenvalue weighted by atomic mass is 32.2. The van der Waals surface area contributed by atoms with Gasteiger partial charge in [0.05, 0.1) is 16.1 Å². The van der Waals surface area contributed by atoms with Crippen LogP contribution in [0.25, 0.3) is 0 Å². The Morgan fingerprint density at radius 3 is 3.00 bits per heavy atom. The zero-order valence-corrected chi connectivity index (χ0v) is 13.2. The summed E-state index contributed by atoms with van der Waals surface area (Å²) in [6.07, 6.45) is 1.31. The molecule has 0 N–H and O–H groups in total. The summed E-state index contributed by atoms with van der Waals surface area (Å²) >= 11 is 1.66. The van der Waals surface area contributed by atoms with Gasteiger partial charge in [-0.3, -0.25) is 4.79 Å². The maximum Gasteiger partial charge on any atom is 0.330 e. The molecule has 7 heteroatoms. The van der Waals surface area contributed by atoms with Gasteiger partial charge in [0.25, 0.3) is 0 Å². The fraction of sp³-hybridized carbons (Fsp3) is 0.643. The topological polar surface area (TPSA) is 72.6 Å². The van der Waals surface area contributed by atoms with Gasteiger partial charge < -0.3 is 14.2 Å². The minimum Gasteiger partial charge on any atom is -0.459 e. The molecule has 114 valence electrons. The molecule has 6 nitrogen and oxygen atoms in total. The van der Waals surface area contributed by atoms with Gasteiger partial charge in [0.1, 0.15) is 18.4 Å². The molecule has 2 aliphatic rings. The molecule has 2 atom stereocenters. The lowest BCUT2D eigenvalue weighted by Crippen LogP contribution is -2.46. The summed E-state index contributed by atoms with van der Waals surface area (Å²) in [5.74, 6) is 0.953. The van der Waals surface area contributed by atoms with Crippen molar-refractivity contribution in [1.29, 1.82) is 0 Å². The number of aromatic nitrogens is 1. The Balaban J connectivity index is 1.68. The van der Waals surface area contributed by atoms with Crippen LogP contribution in [-0.2, 0) is 20.9 Å². The van der Waals surface area contributed by atoms with E-state index in [0.29, 0.717) is 17.9 Å². The fourth-order valence-corrected chi connectivity index (χ4v) is 4.36. The van der Waals surface area contributed by atoms with E-state index in [0.717, 1.165) is 17.7 Å². The van der Waals surface area contributed by atoms with Gasteiger partial charge in [-0.2, -0.15) is 0 Å². The zero-order chi connectivity index (χ0) is 15.2. The van der Waals surface area contributed by atoms with Crippen LogP contribution in [0.4, 0.5) is 0 Å². The number of thioether (sulfide) groups is 1. The molecular weight excluding hydrogens is 292 g/mol. The summed E-state index contributed by atoms with van der Waals surface area (Å²) in [6, 6.07) is -0.476. The van der Waals surface area contributed by atoms with Crippen LogP contribution in [0.1, 0.15) is 36.8 Å². The van der Waals surface area contributed by atoms with Gasteiger partial charge in [0.15, 0.2) is 0 Å². The molecule has 2 fully saturated rings. The molecule has 0 bridgehead atoms. The third-order valence-corrected chi connectivity index (χ3v) is 5.76. The van der Waals surface area contributed by atoms with Crippen LogP contribution in [0.5, 0.6) is 0 Å². The quantitative estimate of drug-likeness (QED) is 0.793. The van der Waals surface area contributed by atoms with Crippen molar-refractivity contribution in [2.45, 2.75) is 51.1 Å². The minimum atomic E-state index is -0.476. The number of fused-ring (bicyclic) bond motifs is 1. The highest BCUT2D eigenvalue weighted by molar-refractivity contribution is 8.01. The Hall–Kier alpha value is -1.50. The van der Waals surface area contributed by atoms with Gasteiger partial charge in [-0.1, -0.05) is 5.16 Å². The molecule has 0 spiro atoms. The summed E-state index contributed by atoms with van der Waals surface area (Å²) in [5, 5.41) is 3.83. The van der Waals surface area contributed by atoms with Crippen molar-refractivity contribution < 1.29 is 18.8 Å². The molecule has 2 saturated heterocycles. The van der Waals surface area contributed by atoms with Gasteiger partial charge in [0.2, 0.25) is 5.91 Å². The molecule has 0 saturated carbocycles. The number of carbonyl (C=O) groups excluding carboxylic acids is 2. The summed E-state index contributed by atoms with van der Waals surface area (Å²) in [6.45, 7) is 5.76. The molecule has 21 heavy (non-hydrogen) atoms. The summed E-state index contributed by atoms with van der Waals surface area (Å²) in [7, 11) is 0. The van der Waals surface area contributed by atoms with Crippen LogP contribution in [0, 0.1) is 13.8 Å². The van der Waals surface area contributed by atoms with Gasteiger partial charge in [-0.15, -0.1) is 11.8 Å². The smallest absolute Gasteiger partial charge is 0.330 e. The van der Waals surface area contributed by atoms with E-state index in [-0.39, 0.29) is 23.4 Å². The number of carbonyl (C=O) groups is 2. The van der Waals surface area contributed by atoms with Crippen molar-refractivity contribution in [2.75, 3.05) is 5.75 Å². The summed E-state index contributed by atoms with van der Waals surface area (Å²) in [5.41, 5.74) is 1.52. The first kappa shape index (κ1) is 14.4.